The lowest BCUT2D eigenvalue weighted by atomic mass is 10.0. The van der Waals surface area contributed by atoms with Crippen molar-refractivity contribution < 1.29 is 9.59 Å². The van der Waals surface area contributed by atoms with E-state index < -0.39 is 6.04 Å². The molecule has 1 unspecified atom stereocenters. The first-order chi connectivity index (χ1) is 14.0. The molecule has 0 bridgehead atoms. The Bertz CT molecular complexity index is 443. The van der Waals surface area contributed by atoms with Crippen LogP contribution in [0.2, 0.25) is 0 Å². The van der Waals surface area contributed by atoms with Crippen molar-refractivity contribution in [3.8, 4) is 0 Å². The van der Waals surface area contributed by atoms with Gasteiger partial charge in [0.1, 0.15) is 6.04 Å². The molecule has 0 fully saturated rings. The number of carbonyl (C=O) groups excluding carboxylic acids is 2. The van der Waals surface area contributed by atoms with Crippen LogP contribution in [0.15, 0.2) is 0 Å². The van der Waals surface area contributed by atoms with E-state index in [9.17, 15) is 9.59 Å². The van der Waals surface area contributed by atoms with Gasteiger partial charge in [-0.1, -0.05) is 71.1 Å². The largest absolute Gasteiger partial charge is 0.370 e. The first-order valence-electron chi connectivity index (χ1n) is 11.7. The van der Waals surface area contributed by atoms with E-state index in [-0.39, 0.29) is 17.8 Å². The molecule has 0 rings (SSSR count). The molecule has 0 heterocycles. The molecule has 0 aromatic heterocycles. The molecule has 29 heavy (non-hydrogen) atoms. The Morgan fingerprint density at radius 1 is 0.828 bits per heavy atom. The summed E-state index contributed by atoms with van der Waals surface area (Å²) in [6, 6.07) is -0.524. The first-order valence-corrected chi connectivity index (χ1v) is 11.7. The van der Waals surface area contributed by atoms with E-state index in [0.29, 0.717) is 32.4 Å². The Balaban J connectivity index is 3.86. The van der Waals surface area contributed by atoms with Crippen LogP contribution in [0.1, 0.15) is 104 Å². The van der Waals surface area contributed by atoms with E-state index in [0.717, 1.165) is 12.8 Å². The smallest absolute Gasteiger partial charge is 0.242 e. The van der Waals surface area contributed by atoms with Crippen molar-refractivity contribution in [3.05, 3.63) is 0 Å². The number of unbranched alkanes of at least 4 members (excludes halogenated alkanes) is 10. The second-order valence-corrected chi connectivity index (χ2v) is 7.78. The number of guanidine groups is 1. The molecule has 6 N–H and O–H groups in total. The summed E-state index contributed by atoms with van der Waals surface area (Å²) in [7, 11) is 0. The summed E-state index contributed by atoms with van der Waals surface area (Å²) in [5.41, 5.74) is 5.25. The Morgan fingerprint density at radius 3 is 1.90 bits per heavy atom. The molecule has 0 aliphatic rings. The molecular formula is C22H45N5O2. The van der Waals surface area contributed by atoms with Gasteiger partial charge in [0.25, 0.3) is 0 Å². The van der Waals surface area contributed by atoms with Crippen LogP contribution in [-0.4, -0.2) is 36.9 Å². The zero-order valence-corrected chi connectivity index (χ0v) is 18.8. The summed E-state index contributed by atoms with van der Waals surface area (Å²) in [6.07, 6.45) is 15.4. The standard InChI is InChI=1S/C22H45N5O2/c1-3-5-6-7-8-9-10-11-12-13-14-17-20(28)27-19(21(29)25-4-2)16-15-18-26-22(23)24/h19H,3-18H2,1-2H3,(H,25,29)(H,27,28)(H4,23,24,26). The third-order valence-electron chi connectivity index (χ3n) is 5.00. The van der Waals surface area contributed by atoms with Gasteiger partial charge in [0.05, 0.1) is 0 Å². The van der Waals surface area contributed by atoms with Crippen molar-refractivity contribution in [1.29, 1.82) is 5.41 Å². The van der Waals surface area contributed by atoms with Crippen LogP contribution >= 0.6 is 0 Å². The zero-order chi connectivity index (χ0) is 21.7. The highest BCUT2D eigenvalue weighted by Crippen LogP contribution is 2.12. The molecule has 0 radical (unpaired) electrons. The summed E-state index contributed by atoms with van der Waals surface area (Å²) in [5.74, 6) is -0.292. The molecule has 0 saturated heterocycles. The van der Waals surface area contributed by atoms with Crippen LogP contribution in [0.25, 0.3) is 0 Å². The maximum absolute atomic E-state index is 12.2. The van der Waals surface area contributed by atoms with E-state index in [2.05, 4.69) is 22.9 Å². The minimum atomic E-state index is -0.524. The van der Waals surface area contributed by atoms with Gasteiger partial charge in [-0.2, -0.15) is 0 Å². The Labute approximate surface area is 177 Å². The molecular weight excluding hydrogens is 366 g/mol. The predicted molar refractivity (Wildman–Crippen MR) is 121 cm³/mol. The van der Waals surface area contributed by atoms with Crippen molar-refractivity contribution in [3.63, 3.8) is 0 Å². The highest BCUT2D eigenvalue weighted by atomic mass is 16.2. The molecule has 170 valence electrons. The van der Waals surface area contributed by atoms with Gasteiger partial charge in [-0.25, -0.2) is 0 Å². The molecule has 7 nitrogen and oxygen atoms in total. The van der Waals surface area contributed by atoms with Crippen LogP contribution in [0.3, 0.4) is 0 Å². The topological polar surface area (TPSA) is 120 Å². The van der Waals surface area contributed by atoms with Crippen LogP contribution in [-0.2, 0) is 9.59 Å². The second kappa shape index (κ2) is 19.5. The Morgan fingerprint density at radius 2 is 1.38 bits per heavy atom. The number of hydrogen-bond donors (Lipinski definition) is 5. The first kappa shape index (κ1) is 27.2. The van der Waals surface area contributed by atoms with Crippen LogP contribution in [0, 0.1) is 5.41 Å². The van der Waals surface area contributed by atoms with Crippen molar-refractivity contribution >= 4 is 17.8 Å². The van der Waals surface area contributed by atoms with E-state index in [1.165, 1.54) is 57.8 Å². The summed E-state index contributed by atoms with van der Waals surface area (Å²) >= 11 is 0. The number of rotatable bonds is 19. The fourth-order valence-electron chi connectivity index (χ4n) is 3.31. The Hall–Kier alpha value is -1.79. The third-order valence-corrected chi connectivity index (χ3v) is 5.00. The molecule has 0 spiro atoms. The van der Waals surface area contributed by atoms with E-state index in [1.807, 2.05) is 6.92 Å². The quantitative estimate of drug-likeness (QED) is 0.127. The summed E-state index contributed by atoms with van der Waals surface area (Å²) in [6.45, 7) is 5.16. The highest BCUT2D eigenvalue weighted by molar-refractivity contribution is 5.87. The highest BCUT2D eigenvalue weighted by Gasteiger charge is 2.19. The number of likely N-dealkylation sites (N-methyl/N-ethyl adjacent to an activating group) is 1. The normalized spacial score (nSPS) is 11.7. The third kappa shape index (κ3) is 18.0. The van der Waals surface area contributed by atoms with Gasteiger partial charge >= 0.3 is 0 Å². The zero-order valence-electron chi connectivity index (χ0n) is 18.8. The van der Waals surface area contributed by atoms with Gasteiger partial charge in [0.15, 0.2) is 5.96 Å². The average Bonchev–Trinajstić information content (AvgIpc) is 2.68. The molecule has 2 amide bonds. The fraction of sp³-hybridized carbons (Fsp3) is 0.864. The Kier molecular flexibility index (Phi) is 18.3. The molecule has 0 saturated carbocycles. The minimum Gasteiger partial charge on any atom is -0.370 e. The van der Waals surface area contributed by atoms with Crippen molar-refractivity contribution in [2.45, 2.75) is 110 Å². The summed E-state index contributed by atoms with van der Waals surface area (Å²) in [4.78, 5) is 24.4. The maximum atomic E-state index is 12.2. The lowest BCUT2D eigenvalue weighted by molar-refractivity contribution is -0.129. The van der Waals surface area contributed by atoms with E-state index in [4.69, 9.17) is 11.1 Å². The maximum Gasteiger partial charge on any atom is 0.242 e. The number of nitrogens with one attached hydrogen (secondary N) is 4. The van der Waals surface area contributed by atoms with Gasteiger partial charge in [-0.15, -0.1) is 0 Å². The molecule has 7 heteroatoms. The number of hydrogen-bond acceptors (Lipinski definition) is 3. The number of carbonyl (C=O) groups is 2. The molecule has 0 aliphatic carbocycles. The fourth-order valence-corrected chi connectivity index (χ4v) is 3.31. The van der Waals surface area contributed by atoms with Crippen LogP contribution in [0.4, 0.5) is 0 Å². The summed E-state index contributed by atoms with van der Waals surface area (Å²) in [5, 5.41) is 15.5. The molecule has 0 aromatic carbocycles. The van der Waals surface area contributed by atoms with Crippen molar-refractivity contribution in [2.75, 3.05) is 13.1 Å². The van der Waals surface area contributed by atoms with Crippen molar-refractivity contribution in [1.82, 2.24) is 16.0 Å². The van der Waals surface area contributed by atoms with Gasteiger partial charge in [-0.05, 0) is 26.2 Å². The van der Waals surface area contributed by atoms with E-state index >= 15 is 0 Å². The van der Waals surface area contributed by atoms with Gasteiger partial charge in [0.2, 0.25) is 11.8 Å². The number of nitrogens with two attached hydrogens (primary N) is 1. The van der Waals surface area contributed by atoms with Crippen molar-refractivity contribution in [2.24, 2.45) is 5.73 Å². The molecule has 0 aromatic rings. The van der Waals surface area contributed by atoms with Gasteiger partial charge in [0, 0.05) is 19.5 Å². The summed E-state index contributed by atoms with van der Waals surface area (Å²) < 4.78 is 0. The number of amides is 2. The SMILES string of the molecule is CCCCCCCCCCCCCC(=O)NC(CCCNC(=N)N)C(=O)NCC. The second-order valence-electron chi connectivity index (χ2n) is 7.78. The lowest BCUT2D eigenvalue weighted by Crippen LogP contribution is -2.47. The predicted octanol–water partition coefficient (Wildman–Crippen LogP) is 3.57. The molecule has 0 aliphatic heterocycles. The van der Waals surface area contributed by atoms with Gasteiger partial charge < -0.3 is 21.7 Å². The van der Waals surface area contributed by atoms with Crippen LogP contribution in [0.5, 0.6) is 0 Å². The lowest BCUT2D eigenvalue weighted by Gasteiger charge is -2.18. The average molecular weight is 412 g/mol. The van der Waals surface area contributed by atoms with E-state index in [1.54, 1.807) is 0 Å². The molecule has 1 atom stereocenters. The van der Waals surface area contributed by atoms with Gasteiger partial charge in [-0.3, -0.25) is 15.0 Å². The van der Waals surface area contributed by atoms with Crippen LogP contribution < -0.4 is 21.7 Å². The monoisotopic (exact) mass is 411 g/mol. The minimum absolute atomic E-state index is 0.0586.